The predicted octanol–water partition coefficient (Wildman–Crippen LogP) is 2.99. The number of aromatic nitrogens is 4. The third kappa shape index (κ3) is 3.29. The molecule has 9 nitrogen and oxygen atoms in total. The summed E-state index contributed by atoms with van der Waals surface area (Å²) in [6.07, 6.45) is 1.46. The molecule has 0 fully saturated rings. The summed E-state index contributed by atoms with van der Waals surface area (Å²) in [5, 5.41) is 19.8. The zero-order chi connectivity index (χ0) is 20.5. The van der Waals surface area contributed by atoms with Gasteiger partial charge in [-0.25, -0.2) is 9.67 Å². The molecule has 2 heterocycles. The van der Waals surface area contributed by atoms with Crippen molar-refractivity contribution in [3.05, 3.63) is 92.1 Å². The predicted molar refractivity (Wildman–Crippen MR) is 109 cm³/mol. The van der Waals surface area contributed by atoms with Crippen molar-refractivity contribution in [1.29, 1.82) is 0 Å². The quantitative estimate of drug-likeness (QED) is 0.303. The van der Waals surface area contributed by atoms with Crippen LogP contribution in [0.1, 0.15) is 17.1 Å². The lowest BCUT2D eigenvalue weighted by molar-refractivity contribution is -0.384. The van der Waals surface area contributed by atoms with Crippen molar-refractivity contribution < 1.29 is 4.92 Å². The molecule has 2 aromatic heterocycles. The van der Waals surface area contributed by atoms with E-state index >= 15 is 0 Å². The summed E-state index contributed by atoms with van der Waals surface area (Å²) in [4.78, 5) is 27.9. The molecule has 9 heteroatoms. The van der Waals surface area contributed by atoms with Crippen LogP contribution < -0.4 is 5.56 Å². The number of benzene rings is 2. The molecule has 0 N–H and O–H groups in total. The Morgan fingerprint density at radius 1 is 1.07 bits per heavy atom. The number of non-ortho nitro benzene ring substituents is 1. The highest BCUT2D eigenvalue weighted by Gasteiger charge is 2.17. The maximum absolute atomic E-state index is 13.0. The summed E-state index contributed by atoms with van der Waals surface area (Å²) in [5.41, 5.74) is 2.12. The molecule has 0 radical (unpaired) electrons. The van der Waals surface area contributed by atoms with Crippen molar-refractivity contribution in [2.75, 3.05) is 0 Å². The summed E-state index contributed by atoms with van der Waals surface area (Å²) < 4.78 is 2.84. The van der Waals surface area contributed by atoms with Crippen LogP contribution in [0.2, 0.25) is 0 Å². The molecule has 29 heavy (non-hydrogen) atoms. The van der Waals surface area contributed by atoms with Crippen molar-refractivity contribution in [3.8, 4) is 5.69 Å². The zero-order valence-corrected chi connectivity index (χ0v) is 15.7. The van der Waals surface area contributed by atoms with Gasteiger partial charge in [-0.1, -0.05) is 18.2 Å². The van der Waals surface area contributed by atoms with Crippen LogP contribution in [0.15, 0.2) is 64.5 Å². The van der Waals surface area contributed by atoms with Crippen molar-refractivity contribution in [2.24, 2.45) is 5.10 Å². The molecule has 0 aliphatic carbocycles. The second kappa shape index (κ2) is 7.12. The fourth-order valence-electron chi connectivity index (χ4n) is 3.01. The molecule has 4 aromatic rings. The molecule has 0 bridgehead atoms. The van der Waals surface area contributed by atoms with Crippen LogP contribution in [0.3, 0.4) is 0 Å². The average molecular weight is 388 g/mol. The Morgan fingerprint density at radius 2 is 1.76 bits per heavy atom. The summed E-state index contributed by atoms with van der Waals surface area (Å²) in [5.74, 6) is 0.401. The normalized spacial score (nSPS) is 11.4. The first-order valence-corrected chi connectivity index (χ1v) is 8.79. The SMILES string of the molecule is Cc1nn(-c2ccccc2)c2nc(C)n(/N=C/c3ccc([N+](=O)[O-])cc3)c(=O)c12. The molecule has 0 saturated carbocycles. The molecule has 2 aromatic carbocycles. The fourth-order valence-corrected chi connectivity index (χ4v) is 3.01. The number of fused-ring (bicyclic) bond motifs is 1. The van der Waals surface area contributed by atoms with Crippen molar-refractivity contribution in [3.63, 3.8) is 0 Å². The van der Waals surface area contributed by atoms with E-state index in [1.807, 2.05) is 30.3 Å². The Kier molecular flexibility index (Phi) is 4.47. The van der Waals surface area contributed by atoms with Gasteiger partial charge in [0.1, 0.15) is 11.2 Å². The minimum Gasteiger partial charge on any atom is -0.266 e. The van der Waals surface area contributed by atoms with Gasteiger partial charge in [0.05, 0.1) is 22.5 Å². The molecule has 0 saturated heterocycles. The third-order valence-electron chi connectivity index (χ3n) is 4.44. The Morgan fingerprint density at radius 3 is 2.41 bits per heavy atom. The third-order valence-corrected chi connectivity index (χ3v) is 4.44. The Balaban J connectivity index is 1.79. The fraction of sp³-hybridized carbons (Fsp3) is 0.100. The number of aryl methyl sites for hydroxylation is 2. The topological polar surface area (TPSA) is 108 Å². The number of nitro groups is 1. The van der Waals surface area contributed by atoms with Gasteiger partial charge in [0.25, 0.3) is 11.2 Å². The molecular weight excluding hydrogens is 372 g/mol. The smallest absolute Gasteiger partial charge is 0.266 e. The summed E-state index contributed by atoms with van der Waals surface area (Å²) in [6, 6.07) is 15.3. The van der Waals surface area contributed by atoms with Gasteiger partial charge in [0.2, 0.25) is 0 Å². The first kappa shape index (κ1) is 18.2. The van der Waals surface area contributed by atoms with E-state index in [0.717, 1.165) is 5.69 Å². The molecular formula is C20H16N6O3. The van der Waals surface area contributed by atoms with E-state index in [1.165, 1.54) is 23.0 Å². The van der Waals surface area contributed by atoms with Crippen molar-refractivity contribution in [1.82, 2.24) is 19.4 Å². The summed E-state index contributed by atoms with van der Waals surface area (Å²) in [7, 11) is 0. The number of nitrogens with zero attached hydrogens (tertiary/aromatic N) is 6. The molecule has 0 spiro atoms. The van der Waals surface area contributed by atoms with E-state index in [-0.39, 0.29) is 11.2 Å². The molecule has 0 aliphatic heterocycles. The van der Waals surface area contributed by atoms with Gasteiger partial charge < -0.3 is 0 Å². The maximum atomic E-state index is 13.0. The lowest BCUT2D eigenvalue weighted by Gasteiger charge is -2.05. The zero-order valence-electron chi connectivity index (χ0n) is 15.7. The van der Waals surface area contributed by atoms with Gasteiger partial charge in [0, 0.05) is 12.1 Å². The first-order valence-electron chi connectivity index (χ1n) is 8.79. The van der Waals surface area contributed by atoms with Crippen LogP contribution in [0, 0.1) is 24.0 Å². The van der Waals surface area contributed by atoms with Gasteiger partial charge in [-0.05, 0) is 43.7 Å². The Bertz CT molecular complexity index is 1300. The largest absolute Gasteiger partial charge is 0.285 e. The molecule has 0 aliphatic rings. The minimum absolute atomic E-state index is 0.0115. The van der Waals surface area contributed by atoms with Gasteiger partial charge >= 0.3 is 0 Å². The first-order chi connectivity index (χ1) is 14.0. The van der Waals surface area contributed by atoms with Gasteiger partial charge in [-0.15, -0.1) is 0 Å². The van der Waals surface area contributed by atoms with Crippen LogP contribution in [0.5, 0.6) is 0 Å². The molecule has 0 atom stereocenters. The van der Waals surface area contributed by atoms with E-state index < -0.39 is 4.92 Å². The van der Waals surface area contributed by atoms with Crippen LogP contribution in [-0.4, -0.2) is 30.6 Å². The van der Waals surface area contributed by atoms with E-state index in [2.05, 4.69) is 15.2 Å². The molecule has 4 rings (SSSR count). The number of hydrogen-bond acceptors (Lipinski definition) is 6. The number of para-hydroxylation sites is 1. The van der Waals surface area contributed by atoms with E-state index in [4.69, 9.17) is 0 Å². The van der Waals surface area contributed by atoms with Crippen molar-refractivity contribution >= 4 is 22.9 Å². The van der Waals surface area contributed by atoms with Crippen LogP contribution in [0.25, 0.3) is 16.7 Å². The van der Waals surface area contributed by atoms with Crippen molar-refractivity contribution in [2.45, 2.75) is 13.8 Å². The summed E-state index contributed by atoms with van der Waals surface area (Å²) >= 11 is 0. The Hall–Kier alpha value is -4.14. The highest BCUT2D eigenvalue weighted by Crippen LogP contribution is 2.18. The molecule has 0 amide bonds. The minimum atomic E-state index is -0.472. The Labute approximate surface area is 164 Å². The summed E-state index contributed by atoms with van der Waals surface area (Å²) in [6.45, 7) is 3.44. The number of rotatable bonds is 4. The number of hydrogen-bond donors (Lipinski definition) is 0. The standard InChI is InChI=1S/C20H16N6O3/c1-13-18-19(25(23-13)16-6-4-3-5-7-16)22-14(2)24(20(18)27)21-12-15-8-10-17(11-9-15)26(28)29/h3-12H,1-2H3/b21-12+. The van der Waals surface area contributed by atoms with E-state index in [1.54, 1.807) is 30.7 Å². The lowest BCUT2D eigenvalue weighted by Crippen LogP contribution is -2.21. The van der Waals surface area contributed by atoms with E-state index in [9.17, 15) is 14.9 Å². The van der Waals surface area contributed by atoms with Crippen LogP contribution in [-0.2, 0) is 0 Å². The van der Waals surface area contributed by atoms with Gasteiger partial charge in [0.15, 0.2) is 5.65 Å². The van der Waals surface area contributed by atoms with Crippen LogP contribution in [0.4, 0.5) is 5.69 Å². The molecule has 0 unspecified atom stereocenters. The van der Waals surface area contributed by atoms with Crippen LogP contribution >= 0.6 is 0 Å². The highest BCUT2D eigenvalue weighted by atomic mass is 16.6. The molecule has 144 valence electrons. The number of nitro benzene ring substituents is 1. The highest BCUT2D eigenvalue weighted by molar-refractivity contribution is 5.81. The van der Waals surface area contributed by atoms with E-state index in [0.29, 0.717) is 28.1 Å². The van der Waals surface area contributed by atoms with Gasteiger partial charge in [-0.3, -0.25) is 14.9 Å². The second-order valence-electron chi connectivity index (χ2n) is 6.40. The monoisotopic (exact) mass is 388 g/mol. The second-order valence-corrected chi connectivity index (χ2v) is 6.40. The average Bonchev–Trinajstić information content (AvgIpc) is 3.05. The maximum Gasteiger partial charge on any atom is 0.285 e. The van der Waals surface area contributed by atoms with Gasteiger partial charge in [-0.2, -0.15) is 14.9 Å². The lowest BCUT2D eigenvalue weighted by atomic mass is 10.2.